The van der Waals surface area contributed by atoms with Crippen molar-refractivity contribution in [1.29, 1.82) is 0 Å². The molecule has 1 saturated carbocycles. The second-order valence-electron chi connectivity index (χ2n) is 3.65. The maximum Gasteiger partial charge on any atom is 0.182 e. The van der Waals surface area contributed by atoms with E-state index in [0.717, 1.165) is 18.7 Å². The normalized spacial score (nSPS) is 15.5. The number of hydrogen-bond donors (Lipinski definition) is 0. The lowest BCUT2D eigenvalue weighted by Crippen LogP contribution is -1.97. The van der Waals surface area contributed by atoms with Gasteiger partial charge in [0.2, 0.25) is 0 Å². The molecule has 0 aromatic carbocycles. The third kappa shape index (κ3) is 1.49. The highest BCUT2D eigenvalue weighted by Crippen LogP contribution is 2.36. The molecule has 4 nitrogen and oxygen atoms in total. The summed E-state index contributed by atoms with van der Waals surface area (Å²) in [6, 6.07) is 3.51. The average molecular weight is 204 g/mol. The molecule has 0 bridgehead atoms. The van der Waals surface area contributed by atoms with Gasteiger partial charge in [-0.15, -0.1) is 10.2 Å². The summed E-state index contributed by atoms with van der Waals surface area (Å²) < 4.78 is 14.7. The number of hydrogen-bond acceptors (Lipinski definition) is 3. The Kier molecular flexibility index (Phi) is 1.77. The molecule has 0 N–H and O–H groups in total. The summed E-state index contributed by atoms with van der Waals surface area (Å²) >= 11 is 0. The lowest BCUT2D eigenvalue weighted by atomic mass is 10.3. The van der Waals surface area contributed by atoms with Gasteiger partial charge in [-0.1, -0.05) is 0 Å². The van der Waals surface area contributed by atoms with Crippen LogP contribution in [-0.2, 0) is 0 Å². The maximum atomic E-state index is 12.7. The Morgan fingerprint density at radius 2 is 2.20 bits per heavy atom. The van der Waals surface area contributed by atoms with Gasteiger partial charge in [0.25, 0.3) is 0 Å². The Labute approximate surface area is 85.8 Å². The van der Waals surface area contributed by atoms with Gasteiger partial charge in [-0.25, -0.2) is 9.37 Å². The van der Waals surface area contributed by atoms with Crippen LogP contribution in [0.1, 0.15) is 18.9 Å². The molecule has 76 valence electrons. The van der Waals surface area contributed by atoms with Crippen LogP contribution in [0.5, 0.6) is 0 Å². The van der Waals surface area contributed by atoms with Gasteiger partial charge in [0, 0.05) is 6.04 Å². The quantitative estimate of drug-likeness (QED) is 0.749. The van der Waals surface area contributed by atoms with Crippen LogP contribution < -0.4 is 0 Å². The van der Waals surface area contributed by atoms with Gasteiger partial charge in [-0.3, -0.25) is 0 Å². The van der Waals surface area contributed by atoms with Crippen molar-refractivity contribution < 1.29 is 4.39 Å². The van der Waals surface area contributed by atoms with E-state index < -0.39 is 0 Å². The van der Waals surface area contributed by atoms with Gasteiger partial charge < -0.3 is 4.57 Å². The minimum absolute atomic E-state index is 0.337. The van der Waals surface area contributed by atoms with Crippen molar-refractivity contribution in [3.8, 4) is 11.5 Å². The molecule has 0 radical (unpaired) electrons. The lowest BCUT2D eigenvalue weighted by molar-refractivity contribution is 0.621. The van der Waals surface area contributed by atoms with Gasteiger partial charge in [0.1, 0.15) is 17.8 Å². The monoisotopic (exact) mass is 204 g/mol. The fraction of sp³-hybridized carbons (Fsp3) is 0.300. The molecule has 0 aliphatic heterocycles. The first kappa shape index (κ1) is 8.52. The van der Waals surface area contributed by atoms with Crippen molar-refractivity contribution in [2.45, 2.75) is 18.9 Å². The largest absolute Gasteiger partial charge is 0.309 e. The van der Waals surface area contributed by atoms with Crippen LogP contribution in [-0.4, -0.2) is 19.7 Å². The molecule has 15 heavy (non-hydrogen) atoms. The molecular weight excluding hydrogens is 195 g/mol. The van der Waals surface area contributed by atoms with Gasteiger partial charge >= 0.3 is 0 Å². The Balaban J connectivity index is 2.04. The predicted octanol–water partition coefficient (Wildman–Crippen LogP) is 1.81. The van der Waals surface area contributed by atoms with Gasteiger partial charge in [0.05, 0.1) is 6.20 Å². The second kappa shape index (κ2) is 3.12. The molecule has 1 fully saturated rings. The van der Waals surface area contributed by atoms with Crippen LogP contribution >= 0.6 is 0 Å². The van der Waals surface area contributed by atoms with Crippen molar-refractivity contribution in [1.82, 2.24) is 19.7 Å². The summed E-state index contributed by atoms with van der Waals surface area (Å²) in [5.41, 5.74) is 0.667. The van der Waals surface area contributed by atoms with Crippen LogP contribution in [0.3, 0.4) is 0 Å². The van der Waals surface area contributed by atoms with E-state index in [1.807, 2.05) is 4.57 Å². The van der Waals surface area contributed by atoms with Crippen LogP contribution in [0.15, 0.2) is 24.7 Å². The van der Waals surface area contributed by atoms with Crippen molar-refractivity contribution >= 4 is 0 Å². The summed E-state index contributed by atoms with van der Waals surface area (Å²) in [4.78, 5) is 3.99. The molecule has 2 aromatic rings. The molecule has 1 aliphatic carbocycles. The molecular formula is C10H9FN4. The van der Waals surface area contributed by atoms with E-state index in [4.69, 9.17) is 0 Å². The Morgan fingerprint density at radius 1 is 1.33 bits per heavy atom. The Bertz CT molecular complexity index is 472. The standard InChI is InChI=1S/C10H9FN4/c11-7-1-4-9(12-5-7)10-14-13-6-15(10)8-2-3-8/h1,4-6,8H,2-3H2. The zero-order valence-corrected chi connectivity index (χ0v) is 7.97. The lowest BCUT2D eigenvalue weighted by Gasteiger charge is -2.02. The highest BCUT2D eigenvalue weighted by molar-refractivity contribution is 5.48. The Morgan fingerprint density at radius 3 is 2.87 bits per heavy atom. The first-order chi connectivity index (χ1) is 7.34. The second-order valence-corrected chi connectivity index (χ2v) is 3.65. The number of halogens is 1. The number of aromatic nitrogens is 4. The van der Waals surface area contributed by atoms with Crippen molar-refractivity contribution in [3.63, 3.8) is 0 Å². The molecule has 3 rings (SSSR count). The van der Waals surface area contributed by atoms with Crippen molar-refractivity contribution in [3.05, 3.63) is 30.5 Å². The van der Waals surface area contributed by atoms with Crippen LogP contribution in [0.25, 0.3) is 11.5 Å². The average Bonchev–Trinajstić information content (AvgIpc) is 2.98. The van der Waals surface area contributed by atoms with Crippen molar-refractivity contribution in [2.24, 2.45) is 0 Å². The Hall–Kier alpha value is -1.78. The molecule has 0 spiro atoms. The van der Waals surface area contributed by atoms with E-state index in [9.17, 15) is 4.39 Å². The van der Waals surface area contributed by atoms with Crippen LogP contribution in [0.2, 0.25) is 0 Å². The molecule has 5 heteroatoms. The number of nitrogens with zero attached hydrogens (tertiary/aromatic N) is 4. The highest BCUT2D eigenvalue weighted by Gasteiger charge is 2.26. The zero-order chi connectivity index (χ0) is 10.3. The molecule has 1 aliphatic rings. The zero-order valence-electron chi connectivity index (χ0n) is 7.97. The minimum atomic E-state index is -0.337. The molecule has 0 amide bonds. The number of rotatable bonds is 2. The van der Waals surface area contributed by atoms with Crippen LogP contribution in [0.4, 0.5) is 4.39 Å². The van der Waals surface area contributed by atoms with E-state index in [0.29, 0.717) is 11.7 Å². The van der Waals surface area contributed by atoms with Gasteiger partial charge in [-0.05, 0) is 25.0 Å². The first-order valence-corrected chi connectivity index (χ1v) is 4.86. The predicted molar refractivity (Wildman–Crippen MR) is 51.5 cm³/mol. The molecule has 2 heterocycles. The van der Waals surface area contributed by atoms with Gasteiger partial charge in [-0.2, -0.15) is 0 Å². The summed E-state index contributed by atoms with van der Waals surface area (Å²) in [6.45, 7) is 0. The van der Waals surface area contributed by atoms with Crippen LogP contribution in [0, 0.1) is 5.82 Å². The fourth-order valence-corrected chi connectivity index (χ4v) is 1.55. The highest BCUT2D eigenvalue weighted by atomic mass is 19.1. The maximum absolute atomic E-state index is 12.7. The molecule has 2 aromatic heterocycles. The van der Waals surface area contributed by atoms with E-state index in [2.05, 4.69) is 15.2 Å². The summed E-state index contributed by atoms with van der Waals surface area (Å²) in [7, 11) is 0. The van der Waals surface area contributed by atoms with E-state index in [-0.39, 0.29) is 5.82 Å². The van der Waals surface area contributed by atoms with Gasteiger partial charge in [0.15, 0.2) is 5.82 Å². The minimum Gasteiger partial charge on any atom is -0.309 e. The summed E-state index contributed by atoms with van der Waals surface area (Å²) in [6.07, 6.45) is 5.22. The van der Waals surface area contributed by atoms with E-state index >= 15 is 0 Å². The third-order valence-electron chi connectivity index (χ3n) is 2.47. The number of pyridine rings is 1. The van der Waals surface area contributed by atoms with Crippen molar-refractivity contribution in [2.75, 3.05) is 0 Å². The first-order valence-electron chi connectivity index (χ1n) is 4.86. The van der Waals surface area contributed by atoms with E-state index in [1.54, 1.807) is 12.4 Å². The fourth-order valence-electron chi connectivity index (χ4n) is 1.55. The molecule has 0 unspecified atom stereocenters. The third-order valence-corrected chi connectivity index (χ3v) is 2.47. The SMILES string of the molecule is Fc1ccc(-c2nncn2C2CC2)nc1. The summed E-state index contributed by atoms with van der Waals surface area (Å²) in [5, 5.41) is 7.87. The molecule has 0 atom stereocenters. The molecule has 0 saturated heterocycles. The summed E-state index contributed by atoms with van der Waals surface area (Å²) in [5.74, 6) is 0.383. The topological polar surface area (TPSA) is 43.6 Å². The van der Waals surface area contributed by atoms with E-state index in [1.165, 1.54) is 12.3 Å². The smallest absolute Gasteiger partial charge is 0.182 e.